The van der Waals surface area contributed by atoms with Gasteiger partial charge in [0.25, 0.3) is 5.56 Å². The van der Waals surface area contributed by atoms with Crippen molar-refractivity contribution in [2.45, 2.75) is 66.0 Å². The first kappa shape index (κ1) is 35.0. The van der Waals surface area contributed by atoms with Crippen LogP contribution in [-0.4, -0.2) is 59.8 Å². The lowest BCUT2D eigenvalue weighted by Gasteiger charge is -2.38. The summed E-state index contributed by atoms with van der Waals surface area (Å²) in [6, 6.07) is 7.94. The number of halogens is 2. The number of amides is 1. The van der Waals surface area contributed by atoms with Crippen LogP contribution in [0.4, 0.5) is 8.78 Å². The number of carboxylic acids is 1. The van der Waals surface area contributed by atoms with Gasteiger partial charge in [-0.15, -0.1) is 0 Å². The molecule has 1 aliphatic heterocycles. The fraction of sp³-hybridized carbons (Fsp3) is 0.472. The molecule has 10 heteroatoms. The summed E-state index contributed by atoms with van der Waals surface area (Å²) in [7, 11) is 1.67. The second kappa shape index (κ2) is 15.1. The second-order valence-electron chi connectivity index (χ2n) is 13.0. The van der Waals surface area contributed by atoms with E-state index < -0.39 is 47.6 Å². The first-order valence-electron chi connectivity index (χ1n) is 15.8. The number of carbonyl (C=O) groups excluding carboxylic acids is 1. The average Bonchev–Trinajstić information content (AvgIpc) is 2.95. The summed E-state index contributed by atoms with van der Waals surface area (Å²) in [5, 5.41) is 12.5. The monoisotopic (exact) mass is 637 g/mol. The number of likely N-dealkylation sites (tertiary alicyclic amines) is 1. The number of carbonyl (C=O) groups is 2. The minimum atomic E-state index is -1.24. The third kappa shape index (κ3) is 8.27. The fourth-order valence-corrected chi connectivity index (χ4v) is 6.42. The van der Waals surface area contributed by atoms with Gasteiger partial charge in [-0.25, -0.2) is 8.78 Å². The topological polar surface area (TPSA) is 101 Å². The van der Waals surface area contributed by atoms with Crippen molar-refractivity contribution in [3.63, 3.8) is 0 Å². The molecule has 4 rings (SSSR count). The van der Waals surface area contributed by atoms with Gasteiger partial charge in [-0.2, -0.15) is 0 Å². The lowest BCUT2D eigenvalue weighted by atomic mass is 9.90. The number of carboxylic acid groups (broad SMARTS) is 1. The molecule has 2 N–H and O–H groups in total. The van der Waals surface area contributed by atoms with E-state index in [2.05, 4.69) is 10.2 Å². The van der Waals surface area contributed by atoms with E-state index in [0.29, 0.717) is 42.2 Å². The van der Waals surface area contributed by atoms with Crippen LogP contribution >= 0.6 is 0 Å². The molecule has 1 amide bonds. The van der Waals surface area contributed by atoms with Crippen molar-refractivity contribution in [2.24, 2.45) is 11.8 Å². The minimum Gasteiger partial charge on any atom is -0.481 e. The van der Waals surface area contributed by atoms with Gasteiger partial charge in [-0.05, 0) is 91.1 Å². The van der Waals surface area contributed by atoms with Crippen molar-refractivity contribution in [3.8, 4) is 11.1 Å². The Morgan fingerprint density at radius 2 is 1.74 bits per heavy atom. The van der Waals surface area contributed by atoms with Crippen LogP contribution in [0.5, 0.6) is 0 Å². The molecule has 1 aromatic heterocycles. The Labute approximate surface area is 269 Å². The molecule has 1 aliphatic rings. The maximum atomic E-state index is 15.7. The predicted octanol–water partition coefficient (Wildman–Crippen LogP) is 5.76. The smallest absolute Gasteiger partial charge is 0.305 e. The van der Waals surface area contributed by atoms with E-state index in [9.17, 15) is 19.5 Å². The minimum absolute atomic E-state index is 0.0327. The highest BCUT2D eigenvalue weighted by atomic mass is 19.1. The number of nitrogens with zero attached hydrogens (tertiary/aromatic N) is 2. The largest absolute Gasteiger partial charge is 0.481 e. The van der Waals surface area contributed by atoms with Gasteiger partial charge >= 0.3 is 5.97 Å². The number of aromatic nitrogens is 1. The molecule has 46 heavy (non-hydrogen) atoms. The molecule has 2 aromatic carbocycles. The third-order valence-electron chi connectivity index (χ3n) is 8.66. The summed E-state index contributed by atoms with van der Waals surface area (Å²) in [5.74, 6) is -3.11. The van der Waals surface area contributed by atoms with E-state index in [1.165, 1.54) is 12.3 Å². The number of methoxy groups -OCH3 is 1. The highest BCUT2D eigenvalue weighted by Crippen LogP contribution is 2.33. The molecular formula is C36H45F2N3O5. The maximum Gasteiger partial charge on any atom is 0.305 e. The standard InChI is InChI=1S/C36H45F2N3O5/c1-21(2)12-31(41-19-25(14-29(37)36(41)45)10-11-40-17-26(18-40)20-46-6)35(44)39-30(16-32(42)43)28-15-27(13-24(5)34(28)38)33-22(3)8-7-9-23(33)4/h7-9,13-15,19,21,26,30-31H,10-12,16-18,20H2,1-6H3,(H,39,44)(H,42,43)/t30-,31-/m1/s1. The fourth-order valence-electron chi connectivity index (χ4n) is 6.42. The van der Waals surface area contributed by atoms with Crippen molar-refractivity contribution in [2.75, 3.05) is 33.4 Å². The maximum absolute atomic E-state index is 15.7. The van der Waals surface area contributed by atoms with Crippen LogP contribution in [0.1, 0.15) is 66.6 Å². The van der Waals surface area contributed by atoms with E-state index in [1.807, 2.05) is 45.9 Å². The Balaban J connectivity index is 1.67. The SMILES string of the molecule is COCC1CN(CCc2cc(F)c(=O)n([C@H](CC(C)C)C(=O)N[C@H](CC(=O)O)c3cc(-c4c(C)cccc4C)cc(C)c3F)c2)C1. The van der Waals surface area contributed by atoms with Gasteiger partial charge in [0.15, 0.2) is 5.82 Å². The van der Waals surface area contributed by atoms with Crippen LogP contribution in [0, 0.1) is 44.2 Å². The number of rotatable bonds is 14. The normalized spacial score (nSPS) is 15.1. The molecule has 2 heterocycles. The molecule has 3 aromatic rings. The van der Waals surface area contributed by atoms with E-state index in [4.69, 9.17) is 4.74 Å². The quantitative estimate of drug-likeness (QED) is 0.233. The lowest BCUT2D eigenvalue weighted by Crippen LogP contribution is -2.49. The summed E-state index contributed by atoms with van der Waals surface area (Å²) in [4.78, 5) is 41.3. The molecule has 0 radical (unpaired) electrons. The van der Waals surface area contributed by atoms with Gasteiger partial charge < -0.3 is 24.6 Å². The van der Waals surface area contributed by atoms with Crippen molar-refractivity contribution in [1.29, 1.82) is 0 Å². The van der Waals surface area contributed by atoms with Gasteiger partial charge in [0, 0.05) is 44.4 Å². The number of aryl methyl sites for hydroxylation is 3. The van der Waals surface area contributed by atoms with Gasteiger partial charge in [-0.1, -0.05) is 32.0 Å². The van der Waals surface area contributed by atoms with Crippen molar-refractivity contribution < 1.29 is 28.2 Å². The summed E-state index contributed by atoms with van der Waals surface area (Å²) >= 11 is 0. The van der Waals surface area contributed by atoms with Gasteiger partial charge in [-0.3, -0.25) is 14.4 Å². The van der Waals surface area contributed by atoms with E-state index >= 15 is 8.78 Å². The van der Waals surface area contributed by atoms with Crippen LogP contribution in [-0.2, 0) is 20.7 Å². The average molecular weight is 638 g/mol. The van der Waals surface area contributed by atoms with E-state index in [0.717, 1.165) is 34.3 Å². The Morgan fingerprint density at radius 3 is 2.35 bits per heavy atom. The lowest BCUT2D eigenvalue weighted by molar-refractivity contribution is -0.138. The summed E-state index contributed by atoms with van der Waals surface area (Å²) in [5.41, 5.74) is 3.51. The number of hydrogen-bond donors (Lipinski definition) is 2. The highest BCUT2D eigenvalue weighted by Gasteiger charge is 2.30. The number of pyridine rings is 1. The summed E-state index contributed by atoms with van der Waals surface area (Å²) < 4.78 is 37.1. The summed E-state index contributed by atoms with van der Waals surface area (Å²) in [6.07, 6.45) is 1.59. The van der Waals surface area contributed by atoms with Gasteiger partial charge in [0.1, 0.15) is 11.9 Å². The molecule has 2 atom stereocenters. The number of nitrogens with one attached hydrogen (secondary N) is 1. The van der Waals surface area contributed by atoms with Crippen molar-refractivity contribution in [3.05, 3.63) is 92.4 Å². The Bertz CT molecular complexity index is 1610. The van der Waals surface area contributed by atoms with E-state index in [1.54, 1.807) is 26.2 Å². The molecule has 248 valence electrons. The molecule has 1 saturated heterocycles. The van der Waals surface area contributed by atoms with Crippen molar-refractivity contribution >= 4 is 11.9 Å². The Kier molecular flexibility index (Phi) is 11.5. The van der Waals surface area contributed by atoms with Gasteiger partial charge in [0.2, 0.25) is 5.91 Å². The Hall–Kier alpha value is -3.89. The number of hydrogen-bond acceptors (Lipinski definition) is 5. The van der Waals surface area contributed by atoms with Gasteiger partial charge in [0.05, 0.1) is 19.1 Å². The second-order valence-corrected chi connectivity index (χ2v) is 13.0. The van der Waals surface area contributed by atoms with Crippen LogP contribution in [0.2, 0.25) is 0 Å². The molecular weight excluding hydrogens is 592 g/mol. The van der Waals surface area contributed by atoms with Crippen LogP contribution in [0.25, 0.3) is 11.1 Å². The van der Waals surface area contributed by atoms with Crippen LogP contribution in [0.3, 0.4) is 0 Å². The zero-order valence-corrected chi connectivity index (χ0v) is 27.5. The van der Waals surface area contributed by atoms with E-state index in [-0.39, 0.29) is 17.9 Å². The highest BCUT2D eigenvalue weighted by molar-refractivity contribution is 5.82. The predicted molar refractivity (Wildman–Crippen MR) is 174 cm³/mol. The molecule has 0 unspecified atom stereocenters. The van der Waals surface area contributed by atoms with Crippen molar-refractivity contribution in [1.82, 2.24) is 14.8 Å². The molecule has 0 aliphatic carbocycles. The Morgan fingerprint density at radius 1 is 1.07 bits per heavy atom. The molecule has 1 fully saturated rings. The third-order valence-corrected chi connectivity index (χ3v) is 8.66. The molecule has 0 bridgehead atoms. The number of ether oxygens (including phenoxy) is 1. The summed E-state index contributed by atoms with van der Waals surface area (Å²) in [6.45, 7) is 12.3. The first-order valence-corrected chi connectivity index (χ1v) is 15.8. The number of benzene rings is 2. The zero-order valence-electron chi connectivity index (χ0n) is 27.5. The zero-order chi connectivity index (χ0) is 33.7. The molecule has 0 spiro atoms. The van der Waals surface area contributed by atoms with Crippen LogP contribution < -0.4 is 10.9 Å². The molecule has 8 nitrogen and oxygen atoms in total. The first-order chi connectivity index (χ1) is 21.8. The van der Waals surface area contributed by atoms with Crippen LogP contribution in [0.15, 0.2) is 47.4 Å². The molecule has 0 saturated carbocycles. The number of aliphatic carboxylic acids is 1.